The Bertz CT molecular complexity index is 1310. The van der Waals surface area contributed by atoms with Crippen LogP contribution >= 0.6 is 0 Å². The zero-order valence-electron chi connectivity index (χ0n) is 17.1. The molecule has 0 saturated carbocycles. The summed E-state index contributed by atoms with van der Waals surface area (Å²) in [6.45, 7) is 0. The van der Waals surface area contributed by atoms with Gasteiger partial charge in [-0.2, -0.15) is 18.4 Å². The average molecular weight is 455 g/mol. The van der Waals surface area contributed by atoms with Crippen molar-refractivity contribution in [3.05, 3.63) is 65.7 Å². The highest BCUT2D eigenvalue weighted by atomic mass is 19.4. The van der Waals surface area contributed by atoms with E-state index in [2.05, 4.69) is 15.7 Å². The molecule has 0 radical (unpaired) electrons. The van der Waals surface area contributed by atoms with E-state index in [0.717, 1.165) is 5.01 Å². The fraction of sp³-hybridized carbons (Fsp3) is 0.227. The van der Waals surface area contributed by atoms with Crippen LogP contribution in [0.1, 0.15) is 17.4 Å². The van der Waals surface area contributed by atoms with Crippen molar-refractivity contribution in [3.63, 3.8) is 0 Å². The number of fused-ring (bicyclic) bond motifs is 2. The molecule has 33 heavy (non-hydrogen) atoms. The van der Waals surface area contributed by atoms with E-state index in [4.69, 9.17) is 9.15 Å². The van der Waals surface area contributed by atoms with Crippen molar-refractivity contribution in [2.24, 2.45) is 0 Å². The van der Waals surface area contributed by atoms with Crippen molar-refractivity contribution in [3.8, 4) is 11.8 Å². The van der Waals surface area contributed by atoms with Gasteiger partial charge in [0.1, 0.15) is 35.3 Å². The van der Waals surface area contributed by atoms with Gasteiger partial charge >= 0.3 is 6.18 Å². The number of halogens is 3. The molecule has 1 fully saturated rings. The SMILES string of the molecule is COc1cccc2oc(C3=C(C#N)NC4C(c5ccccc5)C(C(F)(F)F)NN4C3=O)nc12. The van der Waals surface area contributed by atoms with Crippen LogP contribution < -0.4 is 15.5 Å². The lowest BCUT2D eigenvalue weighted by Crippen LogP contribution is -2.54. The van der Waals surface area contributed by atoms with Gasteiger partial charge < -0.3 is 14.5 Å². The molecule has 2 aromatic carbocycles. The van der Waals surface area contributed by atoms with Crippen LogP contribution in [0.5, 0.6) is 5.75 Å². The number of ether oxygens (including phenoxy) is 1. The minimum absolute atomic E-state index is 0.199. The average Bonchev–Trinajstić information content (AvgIpc) is 3.41. The van der Waals surface area contributed by atoms with Crippen LogP contribution in [0, 0.1) is 11.3 Å². The molecule has 1 saturated heterocycles. The summed E-state index contributed by atoms with van der Waals surface area (Å²) in [4.78, 5) is 17.7. The Balaban J connectivity index is 1.62. The van der Waals surface area contributed by atoms with Crippen LogP contribution in [0.15, 0.2) is 58.6 Å². The number of methoxy groups -OCH3 is 1. The topological polar surface area (TPSA) is 103 Å². The molecule has 11 heteroatoms. The van der Waals surface area contributed by atoms with Gasteiger partial charge in [0, 0.05) is 0 Å². The minimum atomic E-state index is -4.66. The number of carbonyl (C=O) groups excluding carboxylic acids is 1. The zero-order valence-corrected chi connectivity index (χ0v) is 17.1. The molecule has 3 atom stereocenters. The molecule has 0 aliphatic carbocycles. The molecule has 1 amide bonds. The minimum Gasteiger partial charge on any atom is -0.494 e. The summed E-state index contributed by atoms with van der Waals surface area (Å²) in [6.07, 6.45) is -5.80. The lowest BCUT2D eigenvalue weighted by atomic mass is 9.89. The summed E-state index contributed by atoms with van der Waals surface area (Å²) in [7, 11) is 1.44. The molecule has 3 unspecified atom stereocenters. The third kappa shape index (κ3) is 3.27. The number of hydrogen-bond donors (Lipinski definition) is 2. The van der Waals surface area contributed by atoms with E-state index in [9.17, 15) is 23.2 Å². The van der Waals surface area contributed by atoms with Crippen molar-refractivity contribution < 1.29 is 27.1 Å². The summed E-state index contributed by atoms with van der Waals surface area (Å²) < 4.78 is 52.7. The number of amides is 1. The first-order chi connectivity index (χ1) is 15.8. The van der Waals surface area contributed by atoms with Gasteiger partial charge in [-0.25, -0.2) is 15.4 Å². The monoisotopic (exact) mass is 455 g/mol. The smallest absolute Gasteiger partial charge is 0.406 e. The van der Waals surface area contributed by atoms with Crippen LogP contribution in [0.25, 0.3) is 16.7 Å². The number of nitriles is 1. The molecule has 3 heterocycles. The van der Waals surface area contributed by atoms with E-state index in [1.165, 1.54) is 7.11 Å². The summed E-state index contributed by atoms with van der Waals surface area (Å²) in [6, 6.07) is 12.8. The van der Waals surface area contributed by atoms with Gasteiger partial charge in [0.2, 0.25) is 5.89 Å². The molecule has 2 aliphatic heterocycles. The van der Waals surface area contributed by atoms with Crippen LogP contribution in [-0.4, -0.2) is 41.4 Å². The Morgan fingerprint density at radius 2 is 1.94 bits per heavy atom. The van der Waals surface area contributed by atoms with E-state index in [-0.39, 0.29) is 17.2 Å². The highest BCUT2D eigenvalue weighted by Crippen LogP contribution is 2.42. The number of aromatic nitrogens is 1. The Morgan fingerprint density at radius 3 is 2.61 bits per heavy atom. The fourth-order valence-electron chi connectivity index (χ4n) is 4.25. The second-order valence-corrected chi connectivity index (χ2v) is 7.54. The molecule has 5 rings (SSSR count). The third-order valence-corrected chi connectivity index (χ3v) is 5.70. The number of hydrogen-bond acceptors (Lipinski definition) is 7. The van der Waals surface area contributed by atoms with E-state index < -0.39 is 30.2 Å². The van der Waals surface area contributed by atoms with Crippen molar-refractivity contribution in [2.45, 2.75) is 24.3 Å². The van der Waals surface area contributed by atoms with Gasteiger partial charge in [0.25, 0.3) is 5.91 Å². The van der Waals surface area contributed by atoms with E-state index in [1.54, 1.807) is 48.5 Å². The highest BCUT2D eigenvalue weighted by molar-refractivity contribution is 6.20. The van der Waals surface area contributed by atoms with Gasteiger partial charge in [-0.3, -0.25) is 4.79 Å². The van der Waals surface area contributed by atoms with E-state index in [0.29, 0.717) is 22.4 Å². The number of para-hydroxylation sites is 1. The predicted molar refractivity (Wildman–Crippen MR) is 109 cm³/mol. The number of nitrogens with zero attached hydrogens (tertiary/aromatic N) is 3. The normalized spacial score (nSPS) is 22.8. The molecule has 2 N–H and O–H groups in total. The molecule has 2 aliphatic rings. The first-order valence-electron chi connectivity index (χ1n) is 9.89. The quantitative estimate of drug-likeness (QED) is 0.626. The molecular weight excluding hydrogens is 439 g/mol. The molecule has 3 aromatic rings. The number of alkyl halides is 3. The maximum absolute atomic E-state index is 13.9. The van der Waals surface area contributed by atoms with Gasteiger partial charge in [0.05, 0.1) is 13.0 Å². The third-order valence-electron chi connectivity index (χ3n) is 5.70. The van der Waals surface area contributed by atoms with Crippen LogP contribution in [0.2, 0.25) is 0 Å². The summed E-state index contributed by atoms with van der Waals surface area (Å²) in [5.41, 5.74) is 2.78. The summed E-state index contributed by atoms with van der Waals surface area (Å²) >= 11 is 0. The maximum Gasteiger partial charge on any atom is 0.406 e. The van der Waals surface area contributed by atoms with Crippen molar-refractivity contribution in [1.82, 2.24) is 20.7 Å². The number of hydrazine groups is 1. The number of oxazole rings is 1. The second-order valence-electron chi connectivity index (χ2n) is 7.54. The number of nitrogens with one attached hydrogen (secondary N) is 2. The van der Waals surface area contributed by atoms with Gasteiger partial charge in [0.15, 0.2) is 11.1 Å². The van der Waals surface area contributed by atoms with Gasteiger partial charge in [-0.1, -0.05) is 36.4 Å². The second kappa shape index (κ2) is 7.53. The van der Waals surface area contributed by atoms with Crippen LogP contribution in [0.4, 0.5) is 13.2 Å². The number of benzene rings is 2. The number of rotatable bonds is 3. The molecule has 168 valence electrons. The lowest BCUT2D eigenvalue weighted by Gasteiger charge is -2.33. The molecule has 8 nitrogen and oxygen atoms in total. The zero-order chi connectivity index (χ0) is 23.3. The lowest BCUT2D eigenvalue weighted by molar-refractivity contribution is -0.161. The fourth-order valence-corrected chi connectivity index (χ4v) is 4.25. The highest BCUT2D eigenvalue weighted by Gasteiger charge is 2.58. The Morgan fingerprint density at radius 1 is 1.18 bits per heavy atom. The Kier molecular flexibility index (Phi) is 4.75. The summed E-state index contributed by atoms with van der Waals surface area (Å²) in [5, 5.41) is 13.4. The molecular formula is C22H16F3N5O3. The van der Waals surface area contributed by atoms with Crippen molar-refractivity contribution in [1.29, 1.82) is 5.26 Å². The van der Waals surface area contributed by atoms with Crippen LogP contribution in [-0.2, 0) is 4.79 Å². The van der Waals surface area contributed by atoms with Crippen molar-refractivity contribution >= 4 is 22.6 Å². The number of allylic oxidation sites excluding steroid dienone is 1. The first-order valence-corrected chi connectivity index (χ1v) is 9.89. The molecule has 0 spiro atoms. The van der Waals surface area contributed by atoms with Gasteiger partial charge in [-0.15, -0.1) is 0 Å². The standard InChI is InChI=1S/C22H16F3N5O3/c1-32-13-8-5-9-14-17(13)28-20(33-14)16-12(10-26)27-19-15(11-6-3-2-4-7-11)18(22(23,24)25)29-30(19)21(16)31/h2-9,15,18-19,27,29H,1H3. The number of carbonyl (C=O) groups is 1. The Hall–Kier alpha value is -4.04. The largest absolute Gasteiger partial charge is 0.494 e. The molecule has 0 bridgehead atoms. The predicted octanol–water partition coefficient (Wildman–Crippen LogP) is 3.06. The summed E-state index contributed by atoms with van der Waals surface area (Å²) in [5.74, 6) is -1.86. The van der Waals surface area contributed by atoms with E-state index in [1.807, 2.05) is 6.07 Å². The Labute approximate surface area is 185 Å². The first kappa shape index (κ1) is 20.8. The molecule has 1 aromatic heterocycles. The van der Waals surface area contributed by atoms with Crippen molar-refractivity contribution in [2.75, 3.05) is 7.11 Å². The van der Waals surface area contributed by atoms with E-state index >= 15 is 0 Å². The maximum atomic E-state index is 13.9. The van der Waals surface area contributed by atoms with Crippen LogP contribution in [0.3, 0.4) is 0 Å². The van der Waals surface area contributed by atoms with Gasteiger partial charge in [-0.05, 0) is 17.7 Å².